The Labute approximate surface area is 74.2 Å². The third kappa shape index (κ3) is 2.11. The Kier molecular flexibility index (Phi) is 2.58. The van der Waals surface area contributed by atoms with Crippen molar-refractivity contribution in [3.05, 3.63) is 24.9 Å². The molecule has 1 aliphatic heterocycles. The average Bonchev–Trinajstić information content (AvgIpc) is 2.01. The summed E-state index contributed by atoms with van der Waals surface area (Å²) in [4.78, 5) is 2.08. The number of piperidine rings is 1. The number of allylic oxidation sites excluding steroid dienone is 1. The Balaban J connectivity index is 2.57. The van der Waals surface area contributed by atoms with Gasteiger partial charge in [-0.2, -0.15) is 0 Å². The highest BCUT2D eigenvalue weighted by atomic mass is 16.3. The van der Waals surface area contributed by atoms with E-state index in [0.29, 0.717) is 6.54 Å². The van der Waals surface area contributed by atoms with Gasteiger partial charge in [-0.25, -0.2) is 0 Å². The first kappa shape index (κ1) is 9.33. The minimum absolute atomic E-state index is 0.551. The molecule has 0 amide bonds. The molecule has 12 heavy (non-hydrogen) atoms. The highest BCUT2D eigenvalue weighted by Crippen LogP contribution is 2.22. The summed E-state index contributed by atoms with van der Waals surface area (Å²) in [5.41, 5.74) is 0.361. The molecular weight excluding hydrogens is 150 g/mol. The van der Waals surface area contributed by atoms with Crippen LogP contribution >= 0.6 is 0 Å². The van der Waals surface area contributed by atoms with Crippen LogP contribution in [0.3, 0.4) is 0 Å². The first-order valence-corrected chi connectivity index (χ1v) is 4.34. The molecule has 1 saturated heterocycles. The Morgan fingerprint density at radius 1 is 1.67 bits per heavy atom. The van der Waals surface area contributed by atoms with Crippen molar-refractivity contribution >= 4 is 0 Å². The normalized spacial score (nSPS) is 30.0. The van der Waals surface area contributed by atoms with Crippen LogP contribution in [0.15, 0.2) is 24.9 Å². The van der Waals surface area contributed by atoms with E-state index >= 15 is 0 Å². The van der Waals surface area contributed by atoms with Gasteiger partial charge < -0.3 is 10.0 Å². The number of rotatable bonds is 2. The van der Waals surface area contributed by atoms with Gasteiger partial charge in [0.2, 0.25) is 0 Å². The van der Waals surface area contributed by atoms with Gasteiger partial charge in [-0.05, 0) is 25.8 Å². The van der Waals surface area contributed by atoms with Gasteiger partial charge in [0.25, 0.3) is 0 Å². The van der Waals surface area contributed by atoms with Crippen molar-refractivity contribution in [2.24, 2.45) is 0 Å². The number of nitrogens with zero attached hydrogens (tertiary/aromatic N) is 1. The van der Waals surface area contributed by atoms with Crippen molar-refractivity contribution < 1.29 is 5.11 Å². The molecule has 2 nitrogen and oxygen atoms in total. The summed E-state index contributed by atoms with van der Waals surface area (Å²) in [5.74, 6) is 0. The molecule has 0 aliphatic carbocycles. The molecule has 0 saturated carbocycles. The highest BCUT2D eigenvalue weighted by Gasteiger charge is 2.27. The molecule has 1 heterocycles. The fourth-order valence-corrected chi connectivity index (χ4v) is 1.59. The molecule has 1 atom stereocenters. The molecule has 1 fully saturated rings. The molecule has 2 heteroatoms. The molecule has 0 aromatic rings. The summed E-state index contributed by atoms with van der Waals surface area (Å²) in [6.07, 6.45) is 3.65. The van der Waals surface area contributed by atoms with Crippen molar-refractivity contribution in [2.45, 2.75) is 25.4 Å². The molecule has 1 N–H and O–H groups in total. The monoisotopic (exact) mass is 167 g/mol. The van der Waals surface area contributed by atoms with E-state index in [4.69, 9.17) is 0 Å². The van der Waals surface area contributed by atoms with E-state index in [1.54, 1.807) is 6.08 Å². The summed E-state index contributed by atoms with van der Waals surface area (Å²) in [6, 6.07) is 0. The predicted octanol–water partition coefficient (Wildman–Crippen LogP) is 1.53. The number of hydrogen-bond acceptors (Lipinski definition) is 2. The lowest BCUT2D eigenvalue weighted by Crippen LogP contribution is -2.45. The lowest BCUT2D eigenvalue weighted by atomic mass is 9.95. The van der Waals surface area contributed by atoms with Crippen molar-refractivity contribution in [1.82, 2.24) is 4.90 Å². The minimum Gasteiger partial charge on any atom is -0.388 e. The van der Waals surface area contributed by atoms with Crippen LogP contribution in [0.5, 0.6) is 0 Å². The van der Waals surface area contributed by atoms with Gasteiger partial charge in [-0.15, -0.1) is 0 Å². The minimum atomic E-state index is -0.551. The smallest absolute Gasteiger partial charge is 0.0794 e. The molecule has 1 aliphatic rings. The molecule has 0 bridgehead atoms. The molecule has 0 aromatic carbocycles. The Bertz CT molecular complexity index is 196. The van der Waals surface area contributed by atoms with Crippen molar-refractivity contribution in [3.63, 3.8) is 0 Å². The number of hydrogen-bond donors (Lipinski definition) is 1. The number of likely N-dealkylation sites (tertiary alicyclic amines) is 1. The van der Waals surface area contributed by atoms with E-state index in [-0.39, 0.29) is 0 Å². The van der Waals surface area contributed by atoms with E-state index in [1.165, 1.54) is 0 Å². The first-order chi connectivity index (χ1) is 5.55. The van der Waals surface area contributed by atoms with Crippen LogP contribution in [0.2, 0.25) is 0 Å². The molecule has 1 unspecified atom stereocenters. The fourth-order valence-electron chi connectivity index (χ4n) is 1.59. The summed E-state index contributed by atoms with van der Waals surface area (Å²) in [5, 5.41) is 9.77. The van der Waals surface area contributed by atoms with E-state index in [0.717, 1.165) is 25.1 Å². The third-order valence-corrected chi connectivity index (χ3v) is 2.32. The van der Waals surface area contributed by atoms with Crippen LogP contribution in [-0.4, -0.2) is 28.7 Å². The second-order valence-corrected chi connectivity index (χ2v) is 3.72. The van der Waals surface area contributed by atoms with Crippen LogP contribution in [0.1, 0.15) is 19.8 Å². The van der Waals surface area contributed by atoms with Gasteiger partial charge in [0.1, 0.15) is 0 Å². The van der Waals surface area contributed by atoms with Gasteiger partial charge in [-0.3, -0.25) is 0 Å². The summed E-state index contributed by atoms with van der Waals surface area (Å²) < 4.78 is 0. The van der Waals surface area contributed by atoms with Crippen LogP contribution < -0.4 is 0 Å². The lowest BCUT2D eigenvalue weighted by molar-refractivity contribution is -0.00307. The second kappa shape index (κ2) is 3.31. The van der Waals surface area contributed by atoms with E-state index in [1.807, 2.05) is 6.92 Å². The van der Waals surface area contributed by atoms with Crippen LogP contribution in [0.4, 0.5) is 0 Å². The maximum absolute atomic E-state index is 9.77. The Morgan fingerprint density at radius 3 is 2.83 bits per heavy atom. The third-order valence-electron chi connectivity index (χ3n) is 2.32. The Hall–Kier alpha value is -0.760. The van der Waals surface area contributed by atoms with Gasteiger partial charge in [-0.1, -0.05) is 13.2 Å². The molecular formula is C10H17NO. The predicted molar refractivity (Wildman–Crippen MR) is 50.8 cm³/mol. The number of aliphatic hydroxyl groups is 1. The zero-order chi connectivity index (χ0) is 9.19. The van der Waals surface area contributed by atoms with Crippen molar-refractivity contribution in [3.8, 4) is 0 Å². The van der Waals surface area contributed by atoms with Gasteiger partial charge in [0.15, 0.2) is 0 Å². The van der Waals surface area contributed by atoms with Crippen molar-refractivity contribution in [2.75, 3.05) is 13.1 Å². The zero-order valence-corrected chi connectivity index (χ0v) is 7.71. The highest BCUT2D eigenvalue weighted by molar-refractivity contribution is 5.11. The lowest BCUT2D eigenvalue weighted by Gasteiger charge is -2.38. The largest absolute Gasteiger partial charge is 0.388 e. The SMILES string of the molecule is C=CC(=C)N1CCCC(C)(O)C1. The molecule has 0 aromatic heterocycles. The molecule has 1 rings (SSSR count). The van der Waals surface area contributed by atoms with Gasteiger partial charge in [0, 0.05) is 18.8 Å². The summed E-state index contributed by atoms with van der Waals surface area (Å²) in [6.45, 7) is 11.1. The molecule has 68 valence electrons. The number of β-amino-alcohol motifs (C(OH)–C–C–N with tert-alkyl or cyclic N) is 1. The zero-order valence-electron chi connectivity index (χ0n) is 7.71. The van der Waals surface area contributed by atoms with E-state index < -0.39 is 5.60 Å². The Morgan fingerprint density at radius 2 is 2.33 bits per heavy atom. The standard InChI is InChI=1S/C10H17NO/c1-4-9(2)11-7-5-6-10(3,12)8-11/h4,12H,1-2,5-8H2,3H3. The maximum atomic E-state index is 9.77. The van der Waals surface area contributed by atoms with E-state index in [9.17, 15) is 5.11 Å². The van der Waals surface area contributed by atoms with Gasteiger partial charge >= 0.3 is 0 Å². The van der Waals surface area contributed by atoms with Crippen molar-refractivity contribution in [1.29, 1.82) is 0 Å². The summed E-state index contributed by atoms with van der Waals surface area (Å²) >= 11 is 0. The van der Waals surface area contributed by atoms with Crippen LogP contribution in [0, 0.1) is 0 Å². The topological polar surface area (TPSA) is 23.5 Å². The summed E-state index contributed by atoms with van der Waals surface area (Å²) in [7, 11) is 0. The first-order valence-electron chi connectivity index (χ1n) is 4.34. The average molecular weight is 167 g/mol. The van der Waals surface area contributed by atoms with E-state index in [2.05, 4.69) is 18.1 Å². The van der Waals surface area contributed by atoms with Gasteiger partial charge in [0.05, 0.1) is 5.60 Å². The maximum Gasteiger partial charge on any atom is 0.0794 e. The fraction of sp³-hybridized carbons (Fsp3) is 0.600. The quantitative estimate of drug-likeness (QED) is 0.630. The second-order valence-electron chi connectivity index (χ2n) is 3.72. The van der Waals surface area contributed by atoms with Crippen LogP contribution in [0.25, 0.3) is 0 Å². The molecule has 0 spiro atoms. The molecule has 0 radical (unpaired) electrons. The van der Waals surface area contributed by atoms with Crippen LogP contribution in [-0.2, 0) is 0 Å².